The van der Waals surface area contributed by atoms with E-state index in [0.717, 1.165) is 32.1 Å². The van der Waals surface area contributed by atoms with Crippen molar-refractivity contribution in [3.05, 3.63) is 0 Å². The quantitative estimate of drug-likeness (QED) is 0.555. The molecule has 3 atom stereocenters. The van der Waals surface area contributed by atoms with E-state index in [1.165, 1.54) is 0 Å². The van der Waals surface area contributed by atoms with Crippen molar-refractivity contribution < 1.29 is 0 Å². The Bertz CT molecular complexity index is 117. The zero-order valence-electron chi connectivity index (χ0n) is 9.00. The molecule has 0 aromatic carbocycles. The first-order valence-corrected chi connectivity index (χ1v) is 5.38. The van der Waals surface area contributed by atoms with Crippen molar-refractivity contribution in [2.75, 3.05) is 0 Å². The summed E-state index contributed by atoms with van der Waals surface area (Å²) in [6, 6.07) is 0.636. The number of hydrogen-bond donors (Lipinski definition) is 3. The second-order valence-corrected chi connectivity index (χ2v) is 3.84. The number of hydrogen-bond acceptors (Lipinski definition) is 3. The first kappa shape index (κ1) is 12.9. The van der Waals surface area contributed by atoms with Gasteiger partial charge < -0.3 is 17.2 Å². The van der Waals surface area contributed by atoms with Crippen molar-refractivity contribution in [1.29, 1.82) is 0 Å². The largest absolute Gasteiger partial charge is 0.328 e. The van der Waals surface area contributed by atoms with E-state index in [9.17, 15) is 0 Å². The zero-order valence-corrected chi connectivity index (χ0v) is 9.00. The fourth-order valence-electron chi connectivity index (χ4n) is 1.34. The SMILES string of the molecule is CCC(N)CCCC(N)C(N)CC. The molecule has 0 aliphatic carbocycles. The van der Waals surface area contributed by atoms with Gasteiger partial charge in [-0.3, -0.25) is 0 Å². The molecule has 0 rings (SSSR count). The Morgan fingerprint density at radius 1 is 0.846 bits per heavy atom. The maximum atomic E-state index is 5.89. The molecule has 0 saturated carbocycles. The Balaban J connectivity index is 3.41. The van der Waals surface area contributed by atoms with Crippen LogP contribution in [0, 0.1) is 0 Å². The summed E-state index contributed by atoms with van der Waals surface area (Å²) in [7, 11) is 0. The van der Waals surface area contributed by atoms with Crippen LogP contribution in [0.1, 0.15) is 46.0 Å². The summed E-state index contributed by atoms with van der Waals surface area (Å²) < 4.78 is 0. The minimum atomic E-state index is 0.147. The lowest BCUT2D eigenvalue weighted by atomic mass is 9.99. The minimum absolute atomic E-state index is 0.147. The average Bonchev–Trinajstić information content (AvgIpc) is 2.15. The van der Waals surface area contributed by atoms with Crippen LogP contribution in [-0.2, 0) is 0 Å². The molecule has 3 nitrogen and oxygen atoms in total. The second kappa shape index (κ2) is 7.30. The summed E-state index contributed by atoms with van der Waals surface area (Å²) in [4.78, 5) is 0. The van der Waals surface area contributed by atoms with E-state index in [-0.39, 0.29) is 12.1 Å². The molecule has 0 spiro atoms. The van der Waals surface area contributed by atoms with Crippen LogP contribution in [0.3, 0.4) is 0 Å². The monoisotopic (exact) mass is 187 g/mol. The van der Waals surface area contributed by atoms with Gasteiger partial charge in [-0.1, -0.05) is 20.3 Å². The Hall–Kier alpha value is -0.120. The maximum absolute atomic E-state index is 5.89. The molecule has 0 aliphatic rings. The van der Waals surface area contributed by atoms with Crippen molar-refractivity contribution >= 4 is 0 Å². The van der Waals surface area contributed by atoms with Crippen LogP contribution in [0.15, 0.2) is 0 Å². The molecule has 0 aliphatic heterocycles. The van der Waals surface area contributed by atoms with Crippen LogP contribution in [0.4, 0.5) is 0 Å². The van der Waals surface area contributed by atoms with Crippen molar-refractivity contribution in [3.8, 4) is 0 Å². The summed E-state index contributed by atoms with van der Waals surface area (Å²) in [5.74, 6) is 0. The zero-order chi connectivity index (χ0) is 10.3. The third kappa shape index (κ3) is 6.02. The predicted octanol–water partition coefficient (Wildman–Crippen LogP) is 0.959. The van der Waals surface area contributed by atoms with Gasteiger partial charge in [0.15, 0.2) is 0 Å². The molecule has 0 fully saturated rings. The summed E-state index contributed by atoms with van der Waals surface area (Å²) in [5.41, 5.74) is 17.5. The normalized spacial score (nSPS) is 18.2. The number of nitrogens with two attached hydrogens (primary N) is 3. The first-order chi connectivity index (χ1) is 6.11. The molecule has 0 heterocycles. The van der Waals surface area contributed by atoms with Gasteiger partial charge >= 0.3 is 0 Å². The van der Waals surface area contributed by atoms with Gasteiger partial charge in [0.2, 0.25) is 0 Å². The molecule has 80 valence electrons. The van der Waals surface area contributed by atoms with Gasteiger partial charge in [-0.25, -0.2) is 0 Å². The molecule has 0 saturated heterocycles. The Morgan fingerprint density at radius 3 is 1.92 bits per heavy atom. The molecule has 3 unspecified atom stereocenters. The van der Waals surface area contributed by atoms with Gasteiger partial charge in [0.1, 0.15) is 0 Å². The van der Waals surface area contributed by atoms with E-state index in [0.29, 0.717) is 6.04 Å². The fraction of sp³-hybridized carbons (Fsp3) is 1.00. The van der Waals surface area contributed by atoms with Crippen LogP contribution < -0.4 is 17.2 Å². The van der Waals surface area contributed by atoms with Gasteiger partial charge in [-0.2, -0.15) is 0 Å². The molecular weight excluding hydrogens is 162 g/mol. The average molecular weight is 187 g/mol. The van der Waals surface area contributed by atoms with E-state index in [1.807, 2.05) is 0 Å². The Morgan fingerprint density at radius 2 is 1.46 bits per heavy atom. The van der Waals surface area contributed by atoms with Crippen LogP contribution in [-0.4, -0.2) is 18.1 Å². The Kier molecular flexibility index (Phi) is 7.23. The molecular formula is C10H25N3. The molecule has 0 amide bonds. The summed E-state index contributed by atoms with van der Waals surface area (Å²) in [6.07, 6.45) is 5.18. The molecule has 6 N–H and O–H groups in total. The van der Waals surface area contributed by atoms with Crippen molar-refractivity contribution in [2.45, 2.75) is 64.1 Å². The smallest absolute Gasteiger partial charge is 0.0192 e. The van der Waals surface area contributed by atoms with Crippen molar-refractivity contribution in [3.63, 3.8) is 0 Å². The van der Waals surface area contributed by atoms with Gasteiger partial charge in [-0.15, -0.1) is 0 Å². The standard InChI is InChI=1S/C10H25N3/c1-3-8(11)6-5-7-10(13)9(12)4-2/h8-10H,3-7,11-13H2,1-2H3. The van der Waals surface area contributed by atoms with Crippen LogP contribution >= 0.6 is 0 Å². The Labute approximate surface area is 82.0 Å². The van der Waals surface area contributed by atoms with E-state index in [1.54, 1.807) is 0 Å². The van der Waals surface area contributed by atoms with Crippen molar-refractivity contribution in [1.82, 2.24) is 0 Å². The fourth-order valence-corrected chi connectivity index (χ4v) is 1.34. The molecule has 3 heteroatoms. The maximum Gasteiger partial charge on any atom is 0.0192 e. The lowest BCUT2D eigenvalue weighted by molar-refractivity contribution is 0.447. The van der Waals surface area contributed by atoms with Gasteiger partial charge in [0.05, 0.1) is 0 Å². The van der Waals surface area contributed by atoms with Gasteiger partial charge in [0.25, 0.3) is 0 Å². The van der Waals surface area contributed by atoms with Crippen LogP contribution in [0.5, 0.6) is 0 Å². The van der Waals surface area contributed by atoms with E-state index < -0.39 is 0 Å². The highest BCUT2D eigenvalue weighted by atomic mass is 14.8. The molecule has 0 aromatic rings. The lowest BCUT2D eigenvalue weighted by Crippen LogP contribution is -2.40. The lowest BCUT2D eigenvalue weighted by Gasteiger charge is -2.18. The van der Waals surface area contributed by atoms with E-state index >= 15 is 0 Å². The topological polar surface area (TPSA) is 78.1 Å². The van der Waals surface area contributed by atoms with Crippen LogP contribution in [0.25, 0.3) is 0 Å². The van der Waals surface area contributed by atoms with E-state index in [2.05, 4.69) is 13.8 Å². The third-order valence-electron chi connectivity index (χ3n) is 2.66. The molecule has 0 bridgehead atoms. The minimum Gasteiger partial charge on any atom is -0.328 e. The summed E-state index contributed by atoms with van der Waals surface area (Å²) >= 11 is 0. The van der Waals surface area contributed by atoms with Crippen molar-refractivity contribution in [2.24, 2.45) is 17.2 Å². The number of rotatable bonds is 7. The first-order valence-electron chi connectivity index (χ1n) is 5.38. The second-order valence-electron chi connectivity index (χ2n) is 3.84. The predicted molar refractivity (Wildman–Crippen MR) is 58.4 cm³/mol. The summed E-state index contributed by atoms with van der Waals surface area (Å²) in [5, 5.41) is 0. The van der Waals surface area contributed by atoms with Gasteiger partial charge in [-0.05, 0) is 25.7 Å². The van der Waals surface area contributed by atoms with Gasteiger partial charge in [0, 0.05) is 18.1 Å². The molecule has 13 heavy (non-hydrogen) atoms. The highest BCUT2D eigenvalue weighted by Gasteiger charge is 2.10. The molecule has 0 aromatic heterocycles. The third-order valence-corrected chi connectivity index (χ3v) is 2.66. The summed E-state index contributed by atoms with van der Waals surface area (Å²) in [6.45, 7) is 4.19. The van der Waals surface area contributed by atoms with Crippen LogP contribution in [0.2, 0.25) is 0 Å². The van der Waals surface area contributed by atoms with E-state index in [4.69, 9.17) is 17.2 Å². The highest BCUT2D eigenvalue weighted by molar-refractivity contribution is 4.74. The highest BCUT2D eigenvalue weighted by Crippen LogP contribution is 2.06. The molecule has 0 radical (unpaired) electrons.